The van der Waals surface area contributed by atoms with Crippen molar-refractivity contribution in [3.8, 4) is 5.75 Å². The topological polar surface area (TPSA) is 61.8 Å². The minimum absolute atomic E-state index is 0.166. The van der Waals surface area contributed by atoms with Gasteiger partial charge in [0.15, 0.2) is 17.5 Å². The average molecular weight is 285 g/mol. The molecule has 0 radical (unpaired) electrons. The number of nitrogens with zero attached hydrogens (tertiary/aromatic N) is 2. The highest BCUT2D eigenvalue weighted by atomic mass is 19.1. The number of aromatic hydroxyl groups is 1. The molecule has 0 aliphatic carbocycles. The quantitative estimate of drug-likeness (QED) is 0.892. The zero-order valence-corrected chi connectivity index (χ0v) is 11.6. The van der Waals surface area contributed by atoms with E-state index in [1.54, 1.807) is 6.07 Å². The molecular formula is C16H16FN3O. The van der Waals surface area contributed by atoms with Gasteiger partial charge in [0.05, 0.1) is 12.6 Å². The third kappa shape index (κ3) is 2.31. The maximum absolute atomic E-state index is 13.6. The standard InChI is InChI=1S/C16H16FN3O/c1-10-4-2-3-5-13(10)20-14(9-19-16(20)18)11-6-7-15(21)12(17)8-11/h2-8,14,21H,9H2,1H3,(H2,18,19). The summed E-state index contributed by atoms with van der Waals surface area (Å²) in [6.07, 6.45) is 0. The molecule has 0 spiro atoms. The van der Waals surface area contributed by atoms with E-state index in [-0.39, 0.29) is 11.8 Å². The Bertz CT molecular complexity index is 714. The van der Waals surface area contributed by atoms with E-state index >= 15 is 0 Å². The van der Waals surface area contributed by atoms with Crippen molar-refractivity contribution in [3.63, 3.8) is 0 Å². The number of aliphatic imine (C=N–C) groups is 1. The molecule has 1 atom stereocenters. The lowest BCUT2D eigenvalue weighted by molar-refractivity contribution is 0.431. The van der Waals surface area contributed by atoms with E-state index in [1.165, 1.54) is 12.1 Å². The molecular weight excluding hydrogens is 269 g/mol. The summed E-state index contributed by atoms with van der Waals surface area (Å²) >= 11 is 0. The van der Waals surface area contributed by atoms with Crippen molar-refractivity contribution in [1.82, 2.24) is 0 Å². The monoisotopic (exact) mass is 285 g/mol. The first-order valence-electron chi connectivity index (χ1n) is 6.71. The number of guanidine groups is 1. The summed E-state index contributed by atoms with van der Waals surface area (Å²) in [6.45, 7) is 2.46. The van der Waals surface area contributed by atoms with Crippen LogP contribution in [-0.2, 0) is 0 Å². The molecule has 4 nitrogen and oxygen atoms in total. The third-order valence-corrected chi connectivity index (χ3v) is 3.72. The summed E-state index contributed by atoms with van der Waals surface area (Å²) in [7, 11) is 0. The summed E-state index contributed by atoms with van der Waals surface area (Å²) in [4.78, 5) is 6.18. The van der Waals surface area contributed by atoms with E-state index < -0.39 is 5.82 Å². The Morgan fingerprint density at radius 2 is 2.05 bits per heavy atom. The Morgan fingerprint density at radius 1 is 1.29 bits per heavy atom. The number of para-hydroxylation sites is 1. The summed E-state index contributed by atoms with van der Waals surface area (Å²) < 4.78 is 13.6. The van der Waals surface area contributed by atoms with Crippen molar-refractivity contribution < 1.29 is 9.50 Å². The number of nitrogens with two attached hydrogens (primary N) is 1. The van der Waals surface area contributed by atoms with Crippen LogP contribution in [0.1, 0.15) is 17.2 Å². The van der Waals surface area contributed by atoms with Gasteiger partial charge in [0.1, 0.15) is 0 Å². The predicted octanol–water partition coefficient (Wildman–Crippen LogP) is 2.72. The van der Waals surface area contributed by atoms with Gasteiger partial charge in [0.2, 0.25) is 0 Å². The highest BCUT2D eigenvalue weighted by Crippen LogP contribution is 2.34. The molecule has 1 heterocycles. The smallest absolute Gasteiger partial charge is 0.196 e. The molecule has 0 saturated heterocycles. The van der Waals surface area contributed by atoms with Gasteiger partial charge >= 0.3 is 0 Å². The van der Waals surface area contributed by atoms with E-state index in [0.29, 0.717) is 12.5 Å². The van der Waals surface area contributed by atoms with Crippen molar-refractivity contribution in [1.29, 1.82) is 0 Å². The van der Waals surface area contributed by atoms with Crippen molar-refractivity contribution in [2.24, 2.45) is 10.7 Å². The minimum atomic E-state index is -0.636. The van der Waals surface area contributed by atoms with Crippen LogP contribution in [0.4, 0.5) is 10.1 Å². The van der Waals surface area contributed by atoms with Gasteiger partial charge in [-0.25, -0.2) is 4.39 Å². The summed E-state index contributed by atoms with van der Waals surface area (Å²) in [5.74, 6) is -0.571. The Kier molecular flexibility index (Phi) is 3.25. The van der Waals surface area contributed by atoms with Gasteiger partial charge in [-0.15, -0.1) is 0 Å². The van der Waals surface area contributed by atoms with E-state index in [9.17, 15) is 9.50 Å². The van der Waals surface area contributed by atoms with Crippen LogP contribution < -0.4 is 10.6 Å². The molecule has 1 aliphatic rings. The van der Waals surface area contributed by atoms with Gasteiger partial charge in [-0.1, -0.05) is 24.3 Å². The van der Waals surface area contributed by atoms with Crippen molar-refractivity contribution in [3.05, 3.63) is 59.4 Å². The average Bonchev–Trinajstić information content (AvgIpc) is 2.84. The number of anilines is 1. The third-order valence-electron chi connectivity index (χ3n) is 3.72. The molecule has 3 rings (SSSR count). The first-order chi connectivity index (χ1) is 10.1. The molecule has 0 amide bonds. The molecule has 0 aromatic heterocycles. The fourth-order valence-electron chi connectivity index (χ4n) is 2.61. The normalized spacial score (nSPS) is 17.9. The molecule has 0 bridgehead atoms. The van der Waals surface area contributed by atoms with Crippen molar-refractivity contribution in [2.75, 3.05) is 11.4 Å². The number of benzene rings is 2. The fourth-order valence-corrected chi connectivity index (χ4v) is 2.61. The van der Waals surface area contributed by atoms with Crippen LogP contribution in [-0.4, -0.2) is 17.6 Å². The number of hydrogen-bond donors (Lipinski definition) is 2. The number of hydrogen-bond acceptors (Lipinski definition) is 4. The lowest BCUT2D eigenvalue weighted by Crippen LogP contribution is -2.36. The van der Waals surface area contributed by atoms with Crippen molar-refractivity contribution in [2.45, 2.75) is 13.0 Å². The molecule has 108 valence electrons. The molecule has 0 fully saturated rings. The number of rotatable bonds is 2. The predicted molar refractivity (Wildman–Crippen MR) is 81.0 cm³/mol. The van der Waals surface area contributed by atoms with E-state index in [4.69, 9.17) is 5.73 Å². The lowest BCUT2D eigenvalue weighted by atomic mass is 10.0. The van der Waals surface area contributed by atoms with Crippen LogP contribution in [0.5, 0.6) is 5.75 Å². The maximum Gasteiger partial charge on any atom is 0.196 e. The molecule has 1 unspecified atom stereocenters. The molecule has 3 N–H and O–H groups in total. The molecule has 21 heavy (non-hydrogen) atoms. The Hall–Kier alpha value is -2.56. The van der Waals surface area contributed by atoms with E-state index in [0.717, 1.165) is 16.8 Å². The Balaban J connectivity index is 2.03. The zero-order chi connectivity index (χ0) is 15.0. The molecule has 1 aliphatic heterocycles. The van der Waals surface area contributed by atoms with Crippen molar-refractivity contribution >= 4 is 11.6 Å². The largest absolute Gasteiger partial charge is 0.505 e. The number of halogens is 1. The summed E-state index contributed by atoms with van der Waals surface area (Å²) in [5.41, 5.74) is 8.77. The first kappa shape index (κ1) is 13.4. The number of phenols is 1. The lowest BCUT2D eigenvalue weighted by Gasteiger charge is -2.28. The molecule has 2 aromatic carbocycles. The highest BCUT2D eigenvalue weighted by Gasteiger charge is 2.30. The second kappa shape index (κ2) is 5.09. The highest BCUT2D eigenvalue weighted by molar-refractivity contribution is 5.98. The van der Waals surface area contributed by atoms with Crippen LogP contribution in [0, 0.1) is 12.7 Å². The summed E-state index contributed by atoms with van der Waals surface area (Å²) in [6, 6.07) is 12.1. The maximum atomic E-state index is 13.6. The molecule has 2 aromatic rings. The van der Waals surface area contributed by atoms with Crippen LogP contribution in [0.2, 0.25) is 0 Å². The molecule has 5 heteroatoms. The second-order valence-corrected chi connectivity index (χ2v) is 5.08. The fraction of sp³-hybridized carbons (Fsp3) is 0.188. The van der Waals surface area contributed by atoms with Gasteiger partial charge < -0.3 is 15.7 Å². The second-order valence-electron chi connectivity index (χ2n) is 5.08. The van der Waals surface area contributed by atoms with Crippen LogP contribution in [0.15, 0.2) is 47.5 Å². The Morgan fingerprint density at radius 3 is 2.76 bits per heavy atom. The van der Waals surface area contributed by atoms with Gasteiger partial charge in [-0.2, -0.15) is 0 Å². The van der Waals surface area contributed by atoms with Gasteiger partial charge in [0.25, 0.3) is 0 Å². The van der Waals surface area contributed by atoms with Gasteiger partial charge in [0, 0.05) is 5.69 Å². The zero-order valence-electron chi connectivity index (χ0n) is 11.6. The number of phenolic OH excluding ortho intramolecular Hbond substituents is 1. The van der Waals surface area contributed by atoms with Crippen LogP contribution >= 0.6 is 0 Å². The summed E-state index contributed by atoms with van der Waals surface area (Å²) in [5, 5.41) is 9.32. The molecule has 0 saturated carbocycles. The first-order valence-corrected chi connectivity index (χ1v) is 6.71. The van der Waals surface area contributed by atoms with Gasteiger partial charge in [-0.05, 0) is 36.2 Å². The number of aryl methyl sites for hydroxylation is 1. The van der Waals surface area contributed by atoms with Crippen LogP contribution in [0.3, 0.4) is 0 Å². The van der Waals surface area contributed by atoms with Gasteiger partial charge in [-0.3, -0.25) is 4.99 Å². The van der Waals surface area contributed by atoms with Crippen LogP contribution in [0.25, 0.3) is 0 Å². The SMILES string of the molecule is Cc1ccccc1N1C(N)=NCC1c1ccc(O)c(F)c1. The minimum Gasteiger partial charge on any atom is -0.505 e. The Labute approximate surface area is 122 Å². The van der Waals surface area contributed by atoms with E-state index in [2.05, 4.69) is 4.99 Å². The van der Waals surface area contributed by atoms with E-state index in [1.807, 2.05) is 36.1 Å².